The molecular weight excluding hydrogens is 436 g/mol. The van der Waals surface area contributed by atoms with E-state index in [4.69, 9.17) is 9.84 Å². The number of fused-ring (bicyclic) bond motifs is 3. The first-order valence-electron chi connectivity index (χ1n) is 11.1. The molecule has 34 heavy (non-hydrogen) atoms. The van der Waals surface area contributed by atoms with E-state index in [1.165, 1.54) is 23.7 Å². The van der Waals surface area contributed by atoms with E-state index >= 15 is 0 Å². The quantitative estimate of drug-likeness (QED) is 0.398. The molecule has 9 heteroatoms. The summed E-state index contributed by atoms with van der Waals surface area (Å²) in [4.78, 5) is 38.7. The predicted molar refractivity (Wildman–Crippen MR) is 125 cm³/mol. The zero-order chi connectivity index (χ0) is 23.9. The number of hydrogen-bond acceptors (Lipinski definition) is 5. The fourth-order valence-corrected chi connectivity index (χ4v) is 4.09. The second-order valence-corrected chi connectivity index (χ2v) is 8.01. The first kappa shape index (κ1) is 23.0. The Balaban J connectivity index is 1.13. The number of nitrogens with zero attached hydrogens (tertiary/aromatic N) is 2. The van der Waals surface area contributed by atoms with Crippen LogP contribution >= 0.6 is 0 Å². The summed E-state index contributed by atoms with van der Waals surface area (Å²) < 4.78 is 7.08. The molecule has 0 saturated carbocycles. The van der Waals surface area contributed by atoms with Gasteiger partial charge in [0.15, 0.2) is 5.69 Å². The largest absolute Gasteiger partial charge is 0.476 e. The number of carbonyl (C=O) groups is 3. The van der Waals surface area contributed by atoms with Crippen molar-refractivity contribution in [2.45, 2.75) is 25.3 Å². The van der Waals surface area contributed by atoms with Gasteiger partial charge in [-0.15, -0.1) is 0 Å². The van der Waals surface area contributed by atoms with Gasteiger partial charge in [0.2, 0.25) is 5.91 Å². The summed E-state index contributed by atoms with van der Waals surface area (Å²) >= 11 is 0. The van der Waals surface area contributed by atoms with E-state index in [2.05, 4.69) is 39.9 Å². The number of alkyl carbamates (subject to hydrolysis) is 1. The van der Waals surface area contributed by atoms with Crippen molar-refractivity contribution in [3.8, 4) is 11.1 Å². The molecule has 0 saturated heterocycles. The Hall–Kier alpha value is -4.14. The van der Waals surface area contributed by atoms with Gasteiger partial charge in [0.05, 0.1) is 6.33 Å². The summed E-state index contributed by atoms with van der Waals surface area (Å²) in [6, 6.07) is 16.3. The number of imidazole rings is 1. The number of ether oxygens (including phenoxy) is 1. The van der Waals surface area contributed by atoms with Crippen molar-refractivity contribution in [3.63, 3.8) is 0 Å². The molecule has 176 valence electrons. The summed E-state index contributed by atoms with van der Waals surface area (Å²) in [6.07, 6.45) is 3.05. The summed E-state index contributed by atoms with van der Waals surface area (Å²) in [6.45, 7) is 1.35. The van der Waals surface area contributed by atoms with E-state index < -0.39 is 12.1 Å². The van der Waals surface area contributed by atoms with Gasteiger partial charge < -0.3 is 25.0 Å². The lowest BCUT2D eigenvalue weighted by molar-refractivity contribution is -0.121. The van der Waals surface area contributed by atoms with E-state index in [1.54, 1.807) is 4.57 Å². The van der Waals surface area contributed by atoms with Crippen molar-refractivity contribution in [1.29, 1.82) is 0 Å². The Labute approximate surface area is 196 Å². The molecule has 1 heterocycles. The van der Waals surface area contributed by atoms with Gasteiger partial charge in [0.25, 0.3) is 0 Å². The summed E-state index contributed by atoms with van der Waals surface area (Å²) in [7, 11) is 0. The van der Waals surface area contributed by atoms with E-state index in [1.807, 2.05) is 24.3 Å². The molecule has 2 amide bonds. The number of aromatic carboxylic acids is 1. The van der Waals surface area contributed by atoms with Crippen LogP contribution in [-0.4, -0.2) is 52.3 Å². The molecular formula is C25H26N4O5. The molecule has 2 aromatic carbocycles. The Morgan fingerprint density at radius 2 is 1.65 bits per heavy atom. The van der Waals surface area contributed by atoms with Gasteiger partial charge in [-0.2, -0.15) is 0 Å². The van der Waals surface area contributed by atoms with Gasteiger partial charge in [0.1, 0.15) is 6.61 Å². The maximum absolute atomic E-state index is 12.2. The maximum Gasteiger partial charge on any atom is 0.407 e. The molecule has 0 atom stereocenters. The molecule has 0 fully saturated rings. The standard InChI is InChI=1S/C25H26N4O5/c30-23(26-12-13-29-14-22(24(31)32)28-16-29)10-5-11-27-25(33)34-15-21-19-8-3-1-6-17(19)18-7-2-4-9-20(18)21/h1-4,6-9,14,16,21H,5,10-13,15H2,(H,26,30)(H,27,33)(H,31,32). The average Bonchev–Trinajstić information content (AvgIpc) is 3.44. The van der Waals surface area contributed by atoms with Gasteiger partial charge in [-0.25, -0.2) is 14.6 Å². The smallest absolute Gasteiger partial charge is 0.407 e. The van der Waals surface area contributed by atoms with Crippen LogP contribution in [0.1, 0.15) is 40.4 Å². The van der Waals surface area contributed by atoms with Gasteiger partial charge in [-0.1, -0.05) is 48.5 Å². The molecule has 0 radical (unpaired) electrons. The Morgan fingerprint density at radius 3 is 2.29 bits per heavy atom. The van der Waals surface area contributed by atoms with Gasteiger partial charge >= 0.3 is 12.1 Å². The molecule has 3 N–H and O–H groups in total. The van der Waals surface area contributed by atoms with Crippen LogP contribution in [0.3, 0.4) is 0 Å². The summed E-state index contributed by atoms with van der Waals surface area (Å²) in [5.74, 6) is -1.23. The lowest BCUT2D eigenvalue weighted by Gasteiger charge is -2.14. The highest BCUT2D eigenvalue weighted by Crippen LogP contribution is 2.44. The van der Waals surface area contributed by atoms with Crippen LogP contribution in [0.2, 0.25) is 0 Å². The molecule has 0 aliphatic heterocycles. The molecule has 0 spiro atoms. The first-order valence-corrected chi connectivity index (χ1v) is 11.1. The molecule has 3 aromatic rings. The molecule has 1 aliphatic rings. The number of rotatable bonds is 10. The van der Waals surface area contributed by atoms with E-state index in [0.717, 1.165) is 11.1 Å². The van der Waals surface area contributed by atoms with E-state index in [9.17, 15) is 14.4 Å². The van der Waals surface area contributed by atoms with Crippen molar-refractivity contribution in [2.24, 2.45) is 0 Å². The van der Waals surface area contributed by atoms with Crippen LogP contribution in [0.5, 0.6) is 0 Å². The third kappa shape index (κ3) is 5.43. The highest BCUT2D eigenvalue weighted by molar-refractivity contribution is 5.85. The second-order valence-electron chi connectivity index (χ2n) is 8.01. The lowest BCUT2D eigenvalue weighted by Crippen LogP contribution is -2.30. The van der Waals surface area contributed by atoms with Gasteiger partial charge in [0, 0.05) is 38.2 Å². The Bertz CT molecular complexity index is 1140. The zero-order valence-corrected chi connectivity index (χ0v) is 18.6. The molecule has 0 bridgehead atoms. The summed E-state index contributed by atoms with van der Waals surface area (Å²) in [5, 5.41) is 14.3. The Kier molecular flexibility index (Phi) is 7.22. The third-order valence-corrected chi connectivity index (χ3v) is 5.74. The Morgan fingerprint density at radius 1 is 0.971 bits per heavy atom. The number of nitrogens with one attached hydrogen (secondary N) is 2. The highest BCUT2D eigenvalue weighted by Gasteiger charge is 2.28. The van der Waals surface area contributed by atoms with Gasteiger partial charge in [-0.3, -0.25) is 4.79 Å². The molecule has 1 aliphatic carbocycles. The third-order valence-electron chi connectivity index (χ3n) is 5.74. The molecule has 0 unspecified atom stereocenters. The van der Waals surface area contributed by atoms with Crippen LogP contribution in [0.25, 0.3) is 11.1 Å². The number of carboxylic acid groups (broad SMARTS) is 1. The van der Waals surface area contributed by atoms with E-state index in [-0.39, 0.29) is 30.5 Å². The number of carbonyl (C=O) groups excluding carboxylic acids is 2. The van der Waals surface area contributed by atoms with E-state index in [0.29, 0.717) is 26.1 Å². The monoisotopic (exact) mass is 462 g/mol. The molecule has 1 aromatic heterocycles. The van der Waals surface area contributed by atoms with Crippen LogP contribution in [0.15, 0.2) is 61.1 Å². The van der Waals surface area contributed by atoms with Crippen LogP contribution < -0.4 is 10.6 Å². The number of hydrogen-bond donors (Lipinski definition) is 3. The number of amides is 2. The number of benzene rings is 2. The fourth-order valence-electron chi connectivity index (χ4n) is 4.09. The predicted octanol–water partition coefficient (Wildman–Crippen LogP) is 3.02. The minimum absolute atomic E-state index is 0.00556. The van der Waals surface area contributed by atoms with Crippen molar-refractivity contribution < 1.29 is 24.2 Å². The average molecular weight is 463 g/mol. The first-order chi connectivity index (χ1) is 16.5. The van der Waals surface area contributed by atoms with Crippen molar-refractivity contribution >= 4 is 18.0 Å². The summed E-state index contributed by atoms with van der Waals surface area (Å²) in [5.41, 5.74) is 4.62. The van der Waals surface area contributed by atoms with Crippen molar-refractivity contribution in [1.82, 2.24) is 20.2 Å². The number of aromatic nitrogens is 2. The SMILES string of the molecule is O=C(CCCNC(=O)OCC1c2ccccc2-c2ccccc21)NCCn1cnc(C(=O)O)c1. The highest BCUT2D eigenvalue weighted by atomic mass is 16.5. The van der Waals surface area contributed by atoms with Crippen LogP contribution in [0.4, 0.5) is 4.79 Å². The second kappa shape index (κ2) is 10.7. The number of carboxylic acids is 1. The molecule has 4 rings (SSSR count). The minimum Gasteiger partial charge on any atom is -0.476 e. The van der Waals surface area contributed by atoms with Crippen molar-refractivity contribution in [3.05, 3.63) is 77.9 Å². The lowest BCUT2D eigenvalue weighted by atomic mass is 9.98. The van der Waals surface area contributed by atoms with Crippen LogP contribution in [-0.2, 0) is 16.1 Å². The fraction of sp³-hybridized carbons (Fsp3) is 0.280. The zero-order valence-electron chi connectivity index (χ0n) is 18.6. The van der Waals surface area contributed by atoms with Crippen LogP contribution in [0, 0.1) is 0 Å². The molecule has 9 nitrogen and oxygen atoms in total. The van der Waals surface area contributed by atoms with Crippen molar-refractivity contribution in [2.75, 3.05) is 19.7 Å². The minimum atomic E-state index is -1.09. The topological polar surface area (TPSA) is 123 Å². The maximum atomic E-state index is 12.2. The normalized spacial score (nSPS) is 12.0. The van der Waals surface area contributed by atoms with Gasteiger partial charge in [-0.05, 0) is 28.7 Å².